The largest absolute Gasteiger partial charge is 0.311 e. The molecule has 60 heavy (non-hydrogen) atoms. The van der Waals surface area contributed by atoms with Crippen LogP contribution in [0.5, 0.6) is 0 Å². The predicted molar refractivity (Wildman–Crippen MR) is 255 cm³/mol. The fourth-order valence-corrected chi connectivity index (χ4v) is 8.22. The molecule has 10 aromatic carbocycles. The molecule has 0 saturated heterocycles. The van der Waals surface area contributed by atoms with Crippen molar-refractivity contribution in [3.63, 3.8) is 0 Å². The summed E-state index contributed by atoms with van der Waals surface area (Å²) in [6.45, 7) is 0. The van der Waals surface area contributed by atoms with Crippen LogP contribution in [0.1, 0.15) is 11.0 Å². The zero-order valence-corrected chi connectivity index (χ0v) is 32.4. The highest BCUT2D eigenvalue weighted by molar-refractivity contribution is 6.09. The summed E-state index contributed by atoms with van der Waals surface area (Å²) in [5.41, 5.74) is 7.62. The highest BCUT2D eigenvalue weighted by Gasteiger charge is 2.16. The Labute approximate surface area is 361 Å². The number of rotatable bonds is 8. The second kappa shape index (κ2) is 15.1. The number of anilines is 3. The van der Waals surface area contributed by atoms with Gasteiger partial charge in [-0.15, -0.1) is 0 Å². The smallest absolute Gasteiger partial charge is 0.0645 e. The molecule has 11 rings (SSSR count). The third-order valence-corrected chi connectivity index (χ3v) is 11.2. The molecule has 0 fully saturated rings. The van der Waals surface area contributed by atoms with E-state index in [0.717, 1.165) is 60.5 Å². The van der Waals surface area contributed by atoms with E-state index in [9.17, 15) is 11.0 Å². The third kappa shape index (κ3) is 6.41. The number of benzene rings is 10. The van der Waals surface area contributed by atoms with Crippen molar-refractivity contribution in [3.8, 4) is 50.2 Å². The molecule has 0 unspecified atom stereocenters. The summed E-state index contributed by atoms with van der Waals surface area (Å²) in [6, 6.07) is 59.4. The zero-order chi connectivity index (χ0) is 46.8. The van der Waals surface area contributed by atoms with E-state index in [1.165, 1.54) is 4.90 Å². The van der Waals surface area contributed by atoms with Gasteiger partial charge in [-0.3, -0.25) is 0 Å². The number of para-hydroxylation sites is 2. The Morgan fingerprint density at radius 3 is 1.43 bits per heavy atom. The Bertz CT molecular complexity index is 3660. The lowest BCUT2D eigenvalue weighted by atomic mass is 9.98. The summed E-state index contributed by atoms with van der Waals surface area (Å²) in [5.74, 6) is 0. The minimum absolute atomic E-state index is 0.0893. The maximum atomic E-state index is 9.69. The molecule has 0 aliphatic carbocycles. The molecule has 0 saturated carbocycles. The van der Waals surface area contributed by atoms with Crippen LogP contribution in [0.3, 0.4) is 0 Å². The Kier molecular flexibility index (Phi) is 6.96. The first kappa shape index (κ1) is 27.7. The standard InChI is InChI=1S/C58H40N2/c1-2-12-41(13-3-1)42-24-26-43(27-25-42)44-28-34-49(35-29-44)59(51-38-32-47(33-39-51)54-21-11-15-46-14-4-5-18-53(46)54)50-36-30-45(31-37-50)48-16-10-17-52(40-48)60-57-22-8-6-19-55(57)56-20-7-9-23-58(56)60/h1-40H/i28D,29D,30D,31D,34D,35D,36D,37D. The molecule has 2 nitrogen and oxygen atoms in total. The molecule has 0 spiro atoms. The molecule has 0 N–H and O–H groups in total. The minimum atomic E-state index is -0.404. The lowest BCUT2D eigenvalue weighted by molar-refractivity contribution is 1.18. The first-order valence-corrected chi connectivity index (χ1v) is 19.9. The minimum Gasteiger partial charge on any atom is -0.311 e. The molecule has 0 radical (unpaired) electrons. The summed E-state index contributed by atoms with van der Waals surface area (Å²) in [5, 5.41) is 4.27. The van der Waals surface area contributed by atoms with Gasteiger partial charge < -0.3 is 9.47 Å². The van der Waals surface area contributed by atoms with Crippen molar-refractivity contribution in [2.45, 2.75) is 0 Å². The van der Waals surface area contributed by atoms with Crippen LogP contribution in [0.25, 0.3) is 82.8 Å². The van der Waals surface area contributed by atoms with Crippen LogP contribution in [0, 0.1) is 0 Å². The number of fused-ring (bicyclic) bond motifs is 4. The van der Waals surface area contributed by atoms with E-state index in [4.69, 9.17) is 0 Å². The van der Waals surface area contributed by atoms with Crippen molar-refractivity contribution in [1.82, 2.24) is 4.57 Å². The van der Waals surface area contributed by atoms with Gasteiger partial charge in [0.25, 0.3) is 0 Å². The van der Waals surface area contributed by atoms with Crippen molar-refractivity contribution < 1.29 is 11.0 Å². The average molecular weight is 773 g/mol. The molecule has 282 valence electrons. The molecule has 1 heterocycles. The fraction of sp³-hybridized carbons (Fsp3) is 0. The highest BCUT2D eigenvalue weighted by atomic mass is 15.1. The lowest BCUT2D eigenvalue weighted by Gasteiger charge is -2.26. The van der Waals surface area contributed by atoms with Crippen molar-refractivity contribution in [2.75, 3.05) is 4.90 Å². The second-order valence-electron chi connectivity index (χ2n) is 14.7. The Balaban J connectivity index is 1.09. The van der Waals surface area contributed by atoms with Gasteiger partial charge in [0.05, 0.1) is 22.0 Å². The van der Waals surface area contributed by atoms with Crippen LogP contribution in [-0.2, 0) is 0 Å². The summed E-state index contributed by atoms with van der Waals surface area (Å²) in [7, 11) is 0. The van der Waals surface area contributed by atoms with Gasteiger partial charge in [-0.05, 0) is 116 Å². The number of hydrogen-bond donors (Lipinski definition) is 0. The van der Waals surface area contributed by atoms with Gasteiger partial charge in [0, 0.05) is 33.5 Å². The van der Waals surface area contributed by atoms with Gasteiger partial charge in [0.15, 0.2) is 0 Å². The first-order chi connectivity index (χ1) is 33.1. The van der Waals surface area contributed by atoms with Gasteiger partial charge in [-0.2, -0.15) is 0 Å². The molecule has 0 amide bonds. The normalized spacial score (nSPS) is 13.2. The molecule has 0 aliphatic heterocycles. The van der Waals surface area contributed by atoms with Crippen molar-refractivity contribution in [2.24, 2.45) is 0 Å². The fourth-order valence-electron chi connectivity index (χ4n) is 8.22. The lowest BCUT2D eigenvalue weighted by Crippen LogP contribution is -2.09. The molecule has 0 aliphatic rings. The van der Waals surface area contributed by atoms with Crippen LogP contribution < -0.4 is 4.90 Å². The molecular formula is C58H40N2. The van der Waals surface area contributed by atoms with Crippen LogP contribution in [-0.4, -0.2) is 4.57 Å². The van der Waals surface area contributed by atoms with Crippen molar-refractivity contribution in [3.05, 3.63) is 242 Å². The van der Waals surface area contributed by atoms with E-state index < -0.39 is 24.2 Å². The molecular weight excluding hydrogens is 725 g/mol. The monoisotopic (exact) mass is 772 g/mol. The quantitative estimate of drug-likeness (QED) is 0.149. The van der Waals surface area contributed by atoms with Crippen LogP contribution in [0.2, 0.25) is 0 Å². The topological polar surface area (TPSA) is 8.17 Å². The molecule has 2 heteroatoms. The number of hydrogen-bond acceptors (Lipinski definition) is 1. The van der Waals surface area contributed by atoms with Gasteiger partial charge >= 0.3 is 0 Å². The SMILES string of the molecule is [2H]c1c([2H])c(N(c2ccc(-c3cccc4ccccc34)cc2)c2c([2H])c([2H])c(-c3cccc(-n4c5ccccc5c5ccccc54)c3)c([2H])c2[2H])c([2H])c([2H])c1-c1ccc(-c2ccccc2)cc1. The predicted octanol–water partition coefficient (Wildman–Crippen LogP) is 16.1. The molecule has 0 atom stereocenters. The second-order valence-corrected chi connectivity index (χ2v) is 14.7. The van der Waals surface area contributed by atoms with Crippen LogP contribution in [0.15, 0.2) is 242 Å². The van der Waals surface area contributed by atoms with E-state index >= 15 is 0 Å². The van der Waals surface area contributed by atoms with E-state index in [1.807, 2.05) is 133 Å². The van der Waals surface area contributed by atoms with E-state index in [2.05, 4.69) is 34.9 Å². The first-order valence-electron chi connectivity index (χ1n) is 23.9. The highest BCUT2D eigenvalue weighted by Crippen LogP contribution is 2.39. The average Bonchev–Trinajstić information content (AvgIpc) is 3.72. The summed E-state index contributed by atoms with van der Waals surface area (Å²) < 4.78 is 78.6. The summed E-state index contributed by atoms with van der Waals surface area (Å²) in [4.78, 5) is 1.36. The van der Waals surface area contributed by atoms with Gasteiger partial charge in [0.1, 0.15) is 0 Å². The zero-order valence-electron chi connectivity index (χ0n) is 40.4. The third-order valence-electron chi connectivity index (χ3n) is 11.2. The summed E-state index contributed by atoms with van der Waals surface area (Å²) >= 11 is 0. The summed E-state index contributed by atoms with van der Waals surface area (Å²) in [6.07, 6.45) is 0. The number of aromatic nitrogens is 1. The maximum absolute atomic E-state index is 9.69. The van der Waals surface area contributed by atoms with E-state index in [0.29, 0.717) is 16.8 Å². The van der Waals surface area contributed by atoms with Gasteiger partial charge in [-0.1, -0.05) is 182 Å². The van der Waals surface area contributed by atoms with Gasteiger partial charge in [-0.25, -0.2) is 0 Å². The van der Waals surface area contributed by atoms with E-state index in [1.54, 1.807) is 30.3 Å². The number of nitrogens with zero attached hydrogens (tertiary/aromatic N) is 2. The van der Waals surface area contributed by atoms with Crippen molar-refractivity contribution in [1.29, 1.82) is 0 Å². The molecule has 0 bridgehead atoms. The Morgan fingerprint density at radius 2 is 0.783 bits per heavy atom. The van der Waals surface area contributed by atoms with E-state index in [-0.39, 0.29) is 46.7 Å². The van der Waals surface area contributed by atoms with Crippen molar-refractivity contribution >= 4 is 49.6 Å². The maximum Gasteiger partial charge on any atom is 0.0645 e. The van der Waals surface area contributed by atoms with Crippen LogP contribution >= 0.6 is 0 Å². The Morgan fingerprint density at radius 1 is 0.317 bits per heavy atom. The Hall–Kier alpha value is -7.94. The molecule has 11 aromatic rings. The van der Waals surface area contributed by atoms with Gasteiger partial charge in [0.2, 0.25) is 0 Å². The molecule has 1 aromatic heterocycles. The van der Waals surface area contributed by atoms with Crippen LogP contribution in [0.4, 0.5) is 17.1 Å².